The molecule has 0 amide bonds. The fraction of sp³-hybridized carbons (Fsp3) is 0.211. The maximum absolute atomic E-state index is 12.9. The van der Waals surface area contributed by atoms with E-state index >= 15 is 0 Å². The summed E-state index contributed by atoms with van der Waals surface area (Å²) in [5.41, 5.74) is 2.76. The lowest BCUT2D eigenvalue weighted by Crippen LogP contribution is -2.55. The van der Waals surface area contributed by atoms with Crippen LogP contribution in [0.5, 0.6) is 11.5 Å². The molecule has 7 nitrogen and oxygen atoms in total. The van der Waals surface area contributed by atoms with Gasteiger partial charge < -0.3 is 15.2 Å². The molecule has 4 rings (SSSR count). The van der Waals surface area contributed by atoms with Gasteiger partial charge in [-0.2, -0.15) is 0 Å². The van der Waals surface area contributed by atoms with Crippen LogP contribution in [0.4, 0.5) is 5.69 Å². The molecule has 1 aliphatic rings. The van der Waals surface area contributed by atoms with Gasteiger partial charge in [-0.1, -0.05) is 30.8 Å². The molecule has 0 saturated carbocycles. The Morgan fingerprint density at radius 2 is 2.14 bits per heavy atom. The second kappa shape index (κ2) is 7.63. The van der Waals surface area contributed by atoms with Crippen molar-refractivity contribution in [3.05, 3.63) is 55.9 Å². The molecule has 1 aromatic heterocycles. The molecule has 0 bridgehead atoms. The summed E-state index contributed by atoms with van der Waals surface area (Å²) >= 11 is 3.53. The third-order valence-corrected chi connectivity index (χ3v) is 6.02. The number of fused-ring (bicyclic) bond motifs is 3. The van der Waals surface area contributed by atoms with E-state index in [0.717, 1.165) is 22.6 Å². The monoisotopic (exact) mass is 509 g/mol. The van der Waals surface area contributed by atoms with E-state index in [0.29, 0.717) is 20.2 Å². The number of H-pyrrole nitrogens is 1. The number of aromatic nitrogens is 3. The zero-order valence-electron chi connectivity index (χ0n) is 15.2. The lowest BCUT2D eigenvalue weighted by molar-refractivity contribution is -0.759. The van der Waals surface area contributed by atoms with Crippen LogP contribution in [-0.4, -0.2) is 28.1 Å². The van der Waals surface area contributed by atoms with Crippen LogP contribution < -0.4 is 20.3 Å². The van der Waals surface area contributed by atoms with Crippen LogP contribution in [0.1, 0.15) is 18.7 Å². The number of aromatic amines is 1. The largest absolute Gasteiger partial charge is 0.504 e. The molecule has 3 N–H and O–H groups in total. The van der Waals surface area contributed by atoms with E-state index < -0.39 is 6.17 Å². The summed E-state index contributed by atoms with van der Waals surface area (Å²) in [4.78, 5) is 15.8. The molecule has 144 valence electrons. The quantitative estimate of drug-likeness (QED) is 0.285. The number of anilines is 1. The van der Waals surface area contributed by atoms with Gasteiger partial charge in [0, 0.05) is 10.7 Å². The molecular weight excluding hydrogens is 491 g/mol. The number of aromatic hydroxyl groups is 1. The standard InChI is InChI=1S/C19H17IN4O3S/c1-3-28-19-22-18(26)15-11-6-4-5-7-13(11)21-17(24(15)23-19)10-8-12(20)16(25)14(9-10)27-2/h4-9,17H,3H2,1-2H3,(H2,22,23,25,26)/p+1/t17-/m1/s1. The number of rotatable bonds is 4. The summed E-state index contributed by atoms with van der Waals surface area (Å²) in [6, 6.07) is 11.3. The molecule has 0 unspecified atom stereocenters. The van der Waals surface area contributed by atoms with Gasteiger partial charge in [-0.05, 0) is 57.3 Å². The fourth-order valence-corrected chi connectivity index (χ4v) is 4.43. The minimum absolute atomic E-state index is 0.0920. The van der Waals surface area contributed by atoms with E-state index in [1.165, 1.54) is 18.9 Å². The predicted octanol–water partition coefficient (Wildman–Crippen LogP) is 3.13. The summed E-state index contributed by atoms with van der Waals surface area (Å²) in [6.07, 6.45) is -0.425. The van der Waals surface area contributed by atoms with Crippen molar-refractivity contribution in [3.63, 3.8) is 0 Å². The number of nitrogens with one attached hydrogen (secondary N) is 2. The average Bonchev–Trinajstić information content (AvgIpc) is 2.69. The Balaban J connectivity index is 1.97. The second-order valence-electron chi connectivity index (χ2n) is 6.13. The number of methoxy groups -OCH3 is 1. The number of hydrogen-bond donors (Lipinski definition) is 3. The highest BCUT2D eigenvalue weighted by Gasteiger charge is 2.38. The number of nitrogens with zero attached hydrogens (tertiary/aromatic N) is 2. The minimum Gasteiger partial charge on any atom is -0.504 e. The highest BCUT2D eigenvalue weighted by molar-refractivity contribution is 14.1. The van der Waals surface area contributed by atoms with Gasteiger partial charge in [-0.3, -0.25) is 9.78 Å². The van der Waals surface area contributed by atoms with E-state index in [2.05, 4.69) is 38.0 Å². The van der Waals surface area contributed by atoms with Crippen molar-refractivity contribution >= 4 is 40.0 Å². The summed E-state index contributed by atoms with van der Waals surface area (Å²) in [5.74, 6) is 1.26. The molecule has 2 aromatic carbocycles. The van der Waals surface area contributed by atoms with Crippen molar-refractivity contribution in [2.24, 2.45) is 0 Å². The molecule has 0 aliphatic carbocycles. The number of phenolic OH excluding ortho intramolecular Hbond substituents is 1. The Morgan fingerprint density at radius 1 is 1.36 bits per heavy atom. The molecule has 28 heavy (non-hydrogen) atoms. The van der Waals surface area contributed by atoms with E-state index in [1.54, 1.807) is 10.7 Å². The third-order valence-electron chi connectivity index (χ3n) is 4.45. The smallest absolute Gasteiger partial charge is 0.325 e. The maximum Gasteiger partial charge on any atom is 0.325 e. The number of para-hydroxylation sites is 1. The van der Waals surface area contributed by atoms with Crippen LogP contribution >= 0.6 is 34.4 Å². The van der Waals surface area contributed by atoms with Crippen molar-refractivity contribution in [2.45, 2.75) is 18.2 Å². The summed E-state index contributed by atoms with van der Waals surface area (Å²) < 4.78 is 7.68. The minimum atomic E-state index is -0.425. The van der Waals surface area contributed by atoms with Crippen molar-refractivity contribution in [2.75, 3.05) is 18.2 Å². The Hall–Kier alpha value is -2.27. The Morgan fingerprint density at radius 3 is 2.89 bits per heavy atom. The number of thioether (sulfide) groups is 1. The maximum atomic E-state index is 12.9. The molecule has 0 spiro atoms. The van der Waals surface area contributed by atoms with Crippen LogP contribution in [0, 0.1) is 3.57 Å². The van der Waals surface area contributed by atoms with Gasteiger partial charge in [0.1, 0.15) is 0 Å². The highest BCUT2D eigenvalue weighted by Crippen LogP contribution is 2.37. The molecule has 3 aromatic rings. The molecule has 0 saturated heterocycles. The topological polar surface area (TPSA) is 91.1 Å². The van der Waals surface area contributed by atoms with E-state index in [1.807, 2.05) is 37.3 Å². The average molecular weight is 509 g/mol. The van der Waals surface area contributed by atoms with Gasteiger partial charge in [0.05, 0.1) is 21.9 Å². The summed E-state index contributed by atoms with van der Waals surface area (Å²) in [6.45, 7) is 2.01. The van der Waals surface area contributed by atoms with Gasteiger partial charge in [-0.25, -0.2) is 0 Å². The Labute approximate surface area is 179 Å². The zero-order valence-corrected chi connectivity index (χ0v) is 18.2. The first-order valence-corrected chi connectivity index (χ1v) is 10.7. The van der Waals surface area contributed by atoms with E-state index in [9.17, 15) is 9.90 Å². The molecular formula is C19H18IN4O3S+. The lowest BCUT2D eigenvalue weighted by Gasteiger charge is -2.23. The SMILES string of the molecule is CCSc1n[n+]2c(c(=O)[nH]1)-c1ccccc1N[C@H]2c1cc(I)c(O)c(OC)c1. The lowest BCUT2D eigenvalue weighted by atomic mass is 10.0. The van der Waals surface area contributed by atoms with Gasteiger partial charge in [0.25, 0.3) is 6.17 Å². The Bertz CT molecular complexity index is 1120. The summed E-state index contributed by atoms with van der Waals surface area (Å²) in [5, 5.41) is 18.9. The van der Waals surface area contributed by atoms with E-state index in [-0.39, 0.29) is 11.3 Å². The third kappa shape index (κ3) is 3.22. The van der Waals surface area contributed by atoms with Gasteiger partial charge in [0.15, 0.2) is 11.5 Å². The number of benzene rings is 2. The number of hydrogen-bond acceptors (Lipinski definition) is 6. The molecule has 0 radical (unpaired) electrons. The number of halogens is 1. The van der Waals surface area contributed by atoms with Gasteiger partial charge in [-0.15, -0.1) is 0 Å². The van der Waals surface area contributed by atoms with Crippen LogP contribution in [0.15, 0.2) is 46.3 Å². The Kier molecular flexibility index (Phi) is 5.19. The fourth-order valence-electron chi connectivity index (χ4n) is 3.22. The van der Waals surface area contributed by atoms with Crippen LogP contribution in [0.3, 0.4) is 0 Å². The summed E-state index contributed by atoms with van der Waals surface area (Å²) in [7, 11) is 1.51. The van der Waals surface area contributed by atoms with Gasteiger partial charge in [0.2, 0.25) is 5.16 Å². The second-order valence-corrected chi connectivity index (χ2v) is 8.55. The predicted molar refractivity (Wildman–Crippen MR) is 116 cm³/mol. The molecule has 1 aliphatic heterocycles. The van der Waals surface area contributed by atoms with E-state index in [4.69, 9.17) is 4.74 Å². The first kappa shape index (κ1) is 19.1. The zero-order chi connectivity index (χ0) is 19.8. The van der Waals surface area contributed by atoms with Crippen molar-refractivity contribution < 1.29 is 14.5 Å². The first-order valence-electron chi connectivity index (χ1n) is 8.64. The normalized spacial score (nSPS) is 14.8. The van der Waals surface area contributed by atoms with Gasteiger partial charge >= 0.3 is 11.3 Å². The van der Waals surface area contributed by atoms with Crippen LogP contribution in [0.2, 0.25) is 0 Å². The molecule has 0 fully saturated rings. The van der Waals surface area contributed by atoms with Crippen LogP contribution in [0.25, 0.3) is 11.3 Å². The number of ether oxygens (including phenoxy) is 1. The van der Waals surface area contributed by atoms with Crippen LogP contribution in [-0.2, 0) is 0 Å². The number of phenols is 1. The molecule has 2 heterocycles. The highest BCUT2D eigenvalue weighted by atomic mass is 127. The first-order chi connectivity index (χ1) is 13.5. The van der Waals surface area contributed by atoms with Crippen molar-refractivity contribution in [1.82, 2.24) is 10.1 Å². The van der Waals surface area contributed by atoms with Crippen molar-refractivity contribution in [1.29, 1.82) is 0 Å². The molecule has 9 heteroatoms. The van der Waals surface area contributed by atoms with Crippen molar-refractivity contribution in [3.8, 4) is 22.8 Å². The molecule has 1 atom stereocenters.